The number of carbonyl (C=O) groups excluding carboxylic acids is 1. The minimum atomic E-state index is -1.07. The normalized spacial score (nSPS) is 10.3. The minimum absolute atomic E-state index is 0.0193. The standard InChI is InChI=1S/C13H8ClF2NO2/c14-7-1-3-9(12(18)5-7)13(19)17-8-2-4-10(15)11(16)6-8/h1-6,18H,(H,17,19). The Balaban J connectivity index is 2.23. The molecule has 3 nitrogen and oxygen atoms in total. The predicted molar refractivity (Wildman–Crippen MR) is 67.4 cm³/mol. The first kappa shape index (κ1) is 13.3. The molecule has 0 aromatic heterocycles. The number of carbonyl (C=O) groups is 1. The highest BCUT2D eigenvalue weighted by Gasteiger charge is 2.12. The van der Waals surface area contributed by atoms with E-state index in [4.69, 9.17) is 11.6 Å². The molecule has 0 aliphatic carbocycles. The van der Waals surface area contributed by atoms with Crippen LogP contribution in [0.1, 0.15) is 10.4 Å². The van der Waals surface area contributed by atoms with Gasteiger partial charge in [0.15, 0.2) is 11.6 Å². The molecule has 19 heavy (non-hydrogen) atoms. The fraction of sp³-hybridized carbons (Fsp3) is 0. The molecule has 0 fully saturated rings. The van der Waals surface area contributed by atoms with Gasteiger partial charge in [-0.05, 0) is 30.3 Å². The van der Waals surface area contributed by atoms with E-state index in [1.165, 1.54) is 24.3 Å². The van der Waals surface area contributed by atoms with Crippen LogP contribution in [0.25, 0.3) is 0 Å². The van der Waals surface area contributed by atoms with Crippen molar-refractivity contribution in [1.29, 1.82) is 0 Å². The SMILES string of the molecule is O=C(Nc1ccc(F)c(F)c1)c1ccc(Cl)cc1O. The Morgan fingerprint density at radius 3 is 2.47 bits per heavy atom. The van der Waals surface area contributed by atoms with E-state index in [2.05, 4.69) is 5.32 Å². The first-order valence-corrected chi connectivity index (χ1v) is 5.60. The lowest BCUT2D eigenvalue weighted by Crippen LogP contribution is -2.12. The summed E-state index contributed by atoms with van der Waals surface area (Å²) < 4.78 is 25.7. The highest BCUT2D eigenvalue weighted by molar-refractivity contribution is 6.30. The van der Waals surface area contributed by atoms with Crippen molar-refractivity contribution in [3.8, 4) is 5.75 Å². The zero-order chi connectivity index (χ0) is 14.0. The molecule has 2 aromatic rings. The number of phenolic OH excluding ortho intramolecular Hbond substituents is 1. The molecule has 0 aliphatic heterocycles. The molecule has 0 aliphatic rings. The van der Waals surface area contributed by atoms with Crippen LogP contribution < -0.4 is 5.32 Å². The molecule has 2 rings (SSSR count). The van der Waals surface area contributed by atoms with Crippen molar-refractivity contribution >= 4 is 23.2 Å². The van der Waals surface area contributed by atoms with Gasteiger partial charge in [-0.25, -0.2) is 8.78 Å². The highest BCUT2D eigenvalue weighted by atomic mass is 35.5. The number of aromatic hydroxyl groups is 1. The molecule has 2 aromatic carbocycles. The second-order valence-electron chi connectivity index (χ2n) is 3.74. The van der Waals surface area contributed by atoms with E-state index >= 15 is 0 Å². The number of nitrogens with one attached hydrogen (secondary N) is 1. The zero-order valence-electron chi connectivity index (χ0n) is 9.45. The molecule has 0 unspecified atom stereocenters. The monoisotopic (exact) mass is 283 g/mol. The van der Waals surface area contributed by atoms with Crippen LogP contribution >= 0.6 is 11.6 Å². The van der Waals surface area contributed by atoms with Crippen LogP contribution in [0, 0.1) is 11.6 Å². The molecular formula is C13H8ClF2NO2. The number of halogens is 3. The first-order chi connectivity index (χ1) is 8.97. The summed E-state index contributed by atoms with van der Waals surface area (Å²) in [4.78, 5) is 11.8. The topological polar surface area (TPSA) is 49.3 Å². The first-order valence-electron chi connectivity index (χ1n) is 5.22. The van der Waals surface area contributed by atoms with Crippen LogP contribution in [0.4, 0.5) is 14.5 Å². The van der Waals surface area contributed by atoms with Crippen LogP contribution in [0.5, 0.6) is 5.75 Å². The van der Waals surface area contributed by atoms with Crippen LogP contribution in [-0.4, -0.2) is 11.0 Å². The lowest BCUT2D eigenvalue weighted by atomic mass is 10.2. The van der Waals surface area contributed by atoms with Crippen LogP contribution in [0.15, 0.2) is 36.4 Å². The van der Waals surface area contributed by atoms with E-state index in [0.29, 0.717) is 0 Å². The molecule has 0 heterocycles. The molecule has 0 saturated carbocycles. The van der Waals surface area contributed by atoms with Crippen LogP contribution in [-0.2, 0) is 0 Å². The number of anilines is 1. The fourth-order valence-electron chi connectivity index (χ4n) is 1.47. The number of phenols is 1. The van der Waals surface area contributed by atoms with Crippen molar-refractivity contribution in [3.63, 3.8) is 0 Å². The summed E-state index contributed by atoms with van der Waals surface area (Å²) in [5, 5.41) is 12.2. The predicted octanol–water partition coefficient (Wildman–Crippen LogP) is 3.58. The summed E-state index contributed by atoms with van der Waals surface area (Å²) in [5.41, 5.74) is 0.0624. The third-order valence-corrected chi connectivity index (χ3v) is 2.62. The summed E-state index contributed by atoms with van der Waals surface area (Å²) in [6, 6.07) is 6.92. The van der Waals surface area contributed by atoms with Crippen molar-refractivity contribution in [2.45, 2.75) is 0 Å². The van der Waals surface area contributed by atoms with Gasteiger partial charge >= 0.3 is 0 Å². The molecular weight excluding hydrogens is 276 g/mol. The summed E-state index contributed by atoms with van der Waals surface area (Å²) in [7, 11) is 0. The van der Waals surface area contributed by atoms with Crippen molar-refractivity contribution in [1.82, 2.24) is 0 Å². The van der Waals surface area contributed by atoms with Gasteiger partial charge < -0.3 is 10.4 Å². The molecule has 0 spiro atoms. The molecule has 0 radical (unpaired) electrons. The number of benzene rings is 2. The van der Waals surface area contributed by atoms with Crippen LogP contribution in [0.2, 0.25) is 5.02 Å². The second kappa shape index (κ2) is 5.24. The van der Waals surface area contributed by atoms with Gasteiger partial charge in [0.25, 0.3) is 5.91 Å². The molecule has 0 atom stereocenters. The third kappa shape index (κ3) is 3.00. The van der Waals surface area contributed by atoms with Crippen LogP contribution in [0.3, 0.4) is 0 Å². The maximum atomic E-state index is 13.0. The van der Waals surface area contributed by atoms with Crippen molar-refractivity contribution < 1.29 is 18.7 Å². The Kier molecular flexibility index (Phi) is 3.66. The second-order valence-corrected chi connectivity index (χ2v) is 4.18. The maximum absolute atomic E-state index is 13.0. The summed E-state index contributed by atoms with van der Waals surface area (Å²) in [6.07, 6.45) is 0. The quantitative estimate of drug-likeness (QED) is 0.885. The molecule has 0 saturated heterocycles. The summed E-state index contributed by atoms with van der Waals surface area (Å²) >= 11 is 5.64. The van der Waals surface area contributed by atoms with E-state index in [0.717, 1.165) is 12.1 Å². The van der Waals surface area contributed by atoms with E-state index in [1.807, 2.05) is 0 Å². The van der Waals surface area contributed by atoms with Gasteiger partial charge in [0.2, 0.25) is 0 Å². The fourth-order valence-corrected chi connectivity index (χ4v) is 1.64. The van der Waals surface area contributed by atoms with Gasteiger partial charge in [-0.3, -0.25) is 4.79 Å². The van der Waals surface area contributed by atoms with E-state index < -0.39 is 17.5 Å². The maximum Gasteiger partial charge on any atom is 0.259 e. The van der Waals surface area contributed by atoms with Gasteiger partial charge in [0, 0.05) is 16.8 Å². The molecule has 1 amide bonds. The summed E-state index contributed by atoms with van der Waals surface area (Å²) in [6.45, 7) is 0. The van der Waals surface area contributed by atoms with Gasteiger partial charge in [0.1, 0.15) is 5.75 Å². The average Bonchev–Trinajstić information content (AvgIpc) is 2.33. The number of amides is 1. The molecule has 98 valence electrons. The molecule has 2 N–H and O–H groups in total. The Hall–Kier alpha value is -2.14. The van der Waals surface area contributed by atoms with Gasteiger partial charge in [0.05, 0.1) is 5.56 Å². The number of rotatable bonds is 2. The Bertz CT molecular complexity index is 647. The highest BCUT2D eigenvalue weighted by Crippen LogP contribution is 2.23. The molecule has 0 bridgehead atoms. The van der Waals surface area contributed by atoms with Crippen molar-refractivity contribution in [2.75, 3.05) is 5.32 Å². The van der Waals surface area contributed by atoms with E-state index in [-0.39, 0.29) is 22.0 Å². The minimum Gasteiger partial charge on any atom is -0.507 e. The number of hydrogen-bond acceptors (Lipinski definition) is 2. The Labute approximate surface area is 112 Å². The summed E-state index contributed by atoms with van der Waals surface area (Å²) in [5.74, 6) is -3.03. The Morgan fingerprint density at radius 1 is 1.11 bits per heavy atom. The van der Waals surface area contributed by atoms with Gasteiger partial charge in [-0.15, -0.1) is 0 Å². The van der Waals surface area contributed by atoms with Crippen molar-refractivity contribution in [2.24, 2.45) is 0 Å². The zero-order valence-corrected chi connectivity index (χ0v) is 10.2. The lowest BCUT2D eigenvalue weighted by Gasteiger charge is -2.07. The van der Waals surface area contributed by atoms with E-state index in [1.54, 1.807) is 0 Å². The lowest BCUT2D eigenvalue weighted by molar-refractivity contribution is 0.102. The average molecular weight is 284 g/mol. The Morgan fingerprint density at radius 2 is 1.84 bits per heavy atom. The van der Waals surface area contributed by atoms with E-state index in [9.17, 15) is 18.7 Å². The number of hydrogen-bond donors (Lipinski definition) is 2. The van der Waals surface area contributed by atoms with Crippen molar-refractivity contribution in [3.05, 3.63) is 58.6 Å². The largest absolute Gasteiger partial charge is 0.507 e. The molecule has 6 heteroatoms. The van der Waals surface area contributed by atoms with Gasteiger partial charge in [-0.2, -0.15) is 0 Å². The smallest absolute Gasteiger partial charge is 0.259 e. The van der Waals surface area contributed by atoms with Gasteiger partial charge in [-0.1, -0.05) is 11.6 Å². The third-order valence-electron chi connectivity index (χ3n) is 2.38.